The van der Waals surface area contributed by atoms with E-state index in [-0.39, 0.29) is 0 Å². The summed E-state index contributed by atoms with van der Waals surface area (Å²) in [6, 6.07) is 10.1. The highest BCUT2D eigenvalue weighted by Gasteiger charge is 2.15. The van der Waals surface area contributed by atoms with Crippen LogP contribution in [0, 0.1) is 0 Å². The molecule has 0 fully saturated rings. The topological polar surface area (TPSA) is 60.2 Å². The van der Waals surface area contributed by atoms with Crippen molar-refractivity contribution in [2.75, 3.05) is 7.11 Å². The Hall–Kier alpha value is -2.56. The molecule has 5 nitrogen and oxygen atoms in total. The number of unbranched alkanes of at least 4 members (excludes halogenated alkanes) is 18. The van der Waals surface area contributed by atoms with Gasteiger partial charge >= 0.3 is 0 Å². The van der Waals surface area contributed by atoms with Crippen LogP contribution >= 0.6 is 0 Å². The minimum Gasteiger partial charge on any atom is -0.505 e. The third-order valence-corrected chi connectivity index (χ3v) is 8.65. The van der Waals surface area contributed by atoms with Crippen LogP contribution in [0.15, 0.2) is 30.3 Å². The molecule has 0 aliphatic carbocycles. The van der Waals surface area contributed by atoms with E-state index in [0.29, 0.717) is 11.4 Å². The summed E-state index contributed by atoms with van der Waals surface area (Å²) < 4.78 is 5.38. The number of fused-ring (bicyclic) bond motifs is 1. The minimum absolute atomic E-state index is 0.324. The number of benzene rings is 2. The van der Waals surface area contributed by atoms with E-state index in [1.54, 1.807) is 11.9 Å². The van der Waals surface area contributed by atoms with Crippen LogP contribution in [0.25, 0.3) is 16.7 Å². The standard InChI is InChI=1S/C37H59N3O2/c1-4-6-8-10-12-14-16-18-20-22-24-31-28-32(25-23-21-19-17-15-13-11-9-7-5-2)37(41)36(29-31)40-38-34-27-26-33(42-3)30-35(34)39-40/h26-30,41H,4-25H2,1-3H3. The van der Waals surface area contributed by atoms with Gasteiger partial charge in [-0.25, -0.2) is 0 Å². The molecular weight excluding hydrogens is 518 g/mol. The van der Waals surface area contributed by atoms with Crippen molar-refractivity contribution in [1.29, 1.82) is 0 Å². The van der Waals surface area contributed by atoms with E-state index in [1.165, 1.54) is 128 Å². The van der Waals surface area contributed by atoms with Crippen molar-refractivity contribution in [3.8, 4) is 17.2 Å². The second-order valence-electron chi connectivity index (χ2n) is 12.3. The second kappa shape index (κ2) is 20.4. The number of ether oxygens (including phenoxy) is 1. The van der Waals surface area contributed by atoms with Gasteiger partial charge in [0.1, 0.15) is 28.2 Å². The van der Waals surface area contributed by atoms with Crippen molar-refractivity contribution in [3.63, 3.8) is 0 Å². The molecule has 0 atom stereocenters. The number of phenols is 1. The predicted octanol–water partition coefficient (Wildman–Crippen LogP) is 11.1. The molecule has 0 unspecified atom stereocenters. The highest BCUT2D eigenvalue weighted by Crippen LogP contribution is 2.31. The van der Waals surface area contributed by atoms with Crippen molar-refractivity contribution in [3.05, 3.63) is 41.5 Å². The van der Waals surface area contributed by atoms with Crippen molar-refractivity contribution in [1.82, 2.24) is 15.0 Å². The monoisotopic (exact) mass is 577 g/mol. The van der Waals surface area contributed by atoms with Crippen molar-refractivity contribution in [2.24, 2.45) is 0 Å². The number of rotatable bonds is 24. The lowest BCUT2D eigenvalue weighted by atomic mass is 9.98. The lowest BCUT2D eigenvalue weighted by Gasteiger charge is -2.13. The molecule has 1 aromatic heterocycles. The van der Waals surface area contributed by atoms with Crippen LogP contribution in [0.2, 0.25) is 0 Å². The summed E-state index contributed by atoms with van der Waals surface area (Å²) in [6.07, 6.45) is 28.5. The van der Waals surface area contributed by atoms with Crippen LogP contribution in [-0.4, -0.2) is 27.2 Å². The summed E-state index contributed by atoms with van der Waals surface area (Å²) in [5.74, 6) is 1.08. The van der Waals surface area contributed by atoms with Gasteiger partial charge in [0.15, 0.2) is 0 Å². The fraction of sp³-hybridized carbons (Fsp3) is 0.676. The van der Waals surface area contributed by atoms with Gasteiger partial charge in [-0.3, -0.25) is 0 Å². The maximum Gasteiger partial charge on any atom is 0.146 e. The summed E-state index contributed by atoms with van der Waals surface area (Å²) in [6.45, 7) is 4.56. The van der Waals surface area contributed by atoms with Crippen molar-refractivity contribution >= 4 is 11.0 Å². The number of aromatic nitrogens is 3. The van der Waals surface area contributed by atoms with Gasteiger partial charge in [-0.2, -0.15) is 0 Å². The van der Waals surface area contributed by atoms with Crippen molar-refractivity contribution in [2.45, 2.75) is 155 Å². The number of hydrogen-bond donors (Lipinski definition) is 1. The number of methoxy groups -OCH3 is 1. The van der Waals surface area contributed by atoms with Gasteiger partial charge in [0, 0.05) is 6.07 Å². The molecular formula is C37H59N3O2. The van der Waals surface area contributed by atoms with Gasteiger partial charge in [0.2, 0.25) is 0 Å². The molecule has 5 heteroatoms. The molecule has 2 aromatic carbocycles. The summed E-state index contributed by atoms with van der Waals surface area (Å²) in [5, 5.41) is 20.8. The fourth-order valence-electron chi connectivity index (χ4n) is 5.98. The largest absolute Gasteiger partial charge is 0.505 e. The van der Waals surface area contributed by atoms with Crippen LogP contribution in [0.3, 0.4) is 0 Å². The molecule has 0 aliphatic heterocycles. The van der Waals surface area contributed by atoms with E-state index in [2.05, 4.69) is 26.0 Å². The molecule has 0 amide bonds. The number of aromatic hydroxyl groups is 1. The van der Waals surface area contributed by atoms with E-state index < -0.39 is 0 Å². The van der Waals surface area contributed by atoms with Crippen LogP contribution < -0.4 is 4.74 Å². The average Bonchev–Trinajstić information content (AvgIpc) is 3.43. The molecule has 1 heterocycles. The summed E-state index contributed by atoms with van der Waals surface area (Å²) >= 11 is 0. The lowest BCUT2D eigenvalue weighted by molar-refractivity contribution is 0.415. The van der Waals surface area contributed by atoms with Gasteiger partial charge in [-0.1, -0.05) is 135 Å². The van der Waals surface area contributed by atoms with E-state index in [4.69, 9.17) is 14.9 Å². The van der Waals surface area contributed by atoms with Gasteiger partial charge in [-0.15, -0.1) is 15.0 Å². The van der Waals surface area contributed by atoms with E-state index >= 15 is 0 Å². The average molecular weight is 578 g/mol. The molecule has 0 saturated heterocycles. The molecule has 0 saturated carbocycles. The fourth-order valence-corrected chi connectivity index (χ4v) is 5.98. The zero-order chi connectivity index (χ0) is 29.8. The van der Waals surface area contributed by atoms with Crippen LogP contribution in [-0.2, 0) is 12.8 Å². The molecule has 3 aromatic rings. The van der Waals surface area contributed by atoms with E-state index in [0.717, 1.165) is 41.6 Å². The van der Waals surface area contributed by atoms with Gasteiger partial charge in [0.05, 0.1) is 7.11 Å². The van der Waals surface area contributed by atoms with E-state index in [1.807, 2.05) is 18.2 Å². The zero-order valence-corrected chi connectivity index (χ0v) is 27.1. The highest BCUT2D eigenvalue weighted by molar-refractivity contribution is 5.76. The Morgan fingerprint density at radius 1 is 0.595 bits per heavy atom. The first-order valence-corrected chi connectivity index (χ1v) is 17.4. The quantitative estimate of drug-likeness (QED) is 0.108. The first kappa shape index (κ1) is 33.9. The smallest absolute Gasteiger partial charge is 0.146 e. The van der Waals surface area contributed by atoms with Gasteiger partial charge in [-0.05, 0) is 55.0 Å². The third-order valence-electron chi connectivity index (χ3n) is 8.65. The Morgan fingerprint density at radius 3 is 1.64 bits per heavy atom. The van der Waals surface area contributed by atoms with Crippen molar-refractivity contribution < 1.29 is 9.84 Å². The molecule has 234 valence electrons. The number of hydrogen-bond acceptors (Lipinski definition) is 4. The zero-order valence-electron chi connectivity index (χ0n) is 27.1. The molecule has 42 heavy (non-hydrogen) atoms. The molecule has 0 radical (unpaired) electrons. The van der Waals surface area contributed by atoms with Gasteiger partial charge in [0.25, 0.3) is 0 Å². The Bertz CT molecular complexity index is 1140. The number of phenolic OH excluding ortho intramolecular Hbond substituents is 1. The summed E-state index contributed by atoms with van der Waals surface area (Å²) in [5.41, 5.74) is 4.57. The Balaban J connectivity index is 1.57. The van der Waals surface area contributed by atoms with Gasteiger partial charge < -0.3 is 9.84 Å². The van der Waals surface area contributed by atoms with Crippen LogP contribution in [0.4, 0.5) is 0 Å². The highest BCUT2D eigenvalue weighted by atomic mass is 16.5. The first-order chi connectivity index (χ1) is 20.7. The maximum absolute atomic E-state index is 11.4. The normalized spacial score (nSPS) is 11.5. The minimum atomic E-state index is 0.324. The molecule has 3 rings (SSSR count). The molecule has 0 spiro atoms. The predicted molar refractivity (Wildman–Crippen MR) is 178 cm³/mol. The molecule has 1 N–H and O–H groups in total. The van der Waals surface area contributed by atoms with Crippen LogP contribution in [0.5, 0.6) is 11.5 Å². The Kier molecular flexibility index (Phi) is 16.5. The third kappa shape index (κ3) is 12.0. The number of aryl methyl sites for hydroxylation is 2. The maximum atomic E-state index is 11.4. The summed E-state index contributed by atoms with van der Waals surface area (Å²) in [7, 11) is 1.66. The molecule has 0 bridgehead atoms. The Labute approximate surface area is 256 Å². The molecule has 0 aliphatic rings. The lowest BCUT2D eigenvalue weighted by Crippen LogP contribution is -2.03. The number of nitrogens with zero attached hydrogens (tertiary/aromatic N) is 3. The SMILES string of the molecule is CCCCCCCCCCCCc1cc(CCCCCCCCCCCC)c(O)c(-n2nc3ccc(OC)cc3n2)c1. The first-order valence-electron chi connectivity index (χ1n) is 17.4. The second-order valence-corrected chi connectivity index (χ2v) is 12.3. The summed E-state index contributed by atoms with van der Waals surface area (Å²) in [4.78, 5) is 1.61. The Morgan fingerprint density at radius 2 is 1.10 bits per heavy atom. The van der Waals surface area contributed by atoms with Crippen LogP contribution in [0.1, 0.15) is 153 Å². The van der Waals surface area contributed by atoms with E-state index in [9.17, 15) is 5.11 Å².